The minimum Gasteiger partial charge on any atom is -0.283 e. The smallest absolute Gasteiger partial charge is 0.283 e. The van der Waals surface area contributed by atoms with Gasteiger partial charge in [-0.3, -0.25) is 10.2 Å². The molecule has 1 aromatic carbocycles. The van der Waals surface area contributed by atoms with Gasteiger partial charge < -0.3 is 0 Å². The molecule has 2 aliphatic heterocycles. The molecule has 142 valence electrons. The molecule has 3 rings (SSSR count). The summed E-state index contributed by atoms with van der Waals surface area (Å²) in [6.07, 6.45) is 1.55. The molecule has 7 nitrogen and oxygen atoms in total. The number of hydrogen-bond donors (Lipinski definition) is 1. The van der Waals surface area contributed by atoms with Crippen molar-refractivity contribution < 1.29 is 13.2 Å². The molecule has 1 amide bonds. The predicted octanol–water partition coefficient (Wildman–Crippen LogP) is 3.21. The van der Waals surface area contributed by atoms with E-state index in [0.717, 1.165) is 28.0 Å². The summed E-state index contributed by atoms with van der Waals surface area (Å²) in [7, 11) is -3.71. The van der Waals surface area contributed by atoms with Gasteiger partial charge in [0, 0.05) is 0 Å². The topological polar surface area (TPSA) is 103 Å². The Labute approximate surface area is 162 Å². The van der Waals surface area contributed by atoms with Crippen LogP contribution in [0.3, 0.4) is 0 Å². The molecule has 0 bridgehead atoms. The van der Waals surface area contributed by atoms with Crippen LogP contribution in [0.1, 0.15) is 44.7 Å². The lowest BCUT2D eigenvalue weighted by molar-refractivity contribution is -0.114. The highest BCUT2D eigenvalue weighted by Crippen LogP contribution is 2.31. The first-order chi connectivity index (χ1) is 12.6. The van der Waals surface area contributed by atoms with Crippen molar-refractivity contribution in [2.45, 2.75) is 38.9 Å². The highest BCUT2D eigenvalue weighted by Gasteiger charge is 2.43. The number of carbonyl (C=O) groups excluding carboxylic acids is 1. The zero-order chi connectivity index (χ0) is 19.9. The molecule has 2 aliphatic rings. The maximum absolute atomic E-state index is 12.5. The summed E-state index contributed by atoms with van der Waals surface area (Å²) in [5.41, 5.74) is 1.93. The van der Waals surface area contributed by atoms with E-state index in [-0.39, 0.29) is 21.7 Å². The van der Waals surface area contributed by atoms with Crippen LogP contribution < -0.4 is 0 Å². The molecule has 0 atom stereocenters. The number of fused-ring (bicyclic) bond motifs is 1. The SMILES string of the molecule is CC(C)c1ccc(/C=C2/C(=N)N3C(=NC2=O)SN=C3S(=O)(=O)C(C)C)cc1. The van der Waals surface area contributed by atoms with Crippen LogP contribution in [0.5, 0.6) is 0 Å². The number of hydrogen-bond acceptors (Lipinski definition) is 6. The third kappa shape index (κ3) is 3.49. The van der Waals surface area contributed by atoms with Crippen LogP contribution in [-0.2, 0) is 14.6 Å². The third-order valence-corrected chi connectivity index (χ3v) is 7.12. The number of carbonyl (C=O) groups is 1. The highest BCUT2D eigenvalue weighted by atomic mass is 32.2. The summed E-state index contributed by atoms with van der Waals surface area (Å²) < 4.78 is 29.0. The number of amides is 1. The summed E-state index contributed by atoms with van der Waals surface area (Å²) in [6.45, 7) is 7.27. The van der Waals surface area contributed by atoms with E-state index in [9.17, 15) is 13.2 Å². The van der Waals surface area contributed by atoms with Crippen LogP contribution in [0.2, 0.25) is 0 Å². The largest absolute Gasteiger partial charge is 0.283 e. The monoisotopic (exact) mass is 404 g/mol. The van der Waals surface area contributed by atoms with Gasteiger partial charge in [-0.05, 0) is 37.0 Å². The molecule has 0 radical (unpaired) electrons. The molecule has 27 heavy (non-hydrogen) atoms. The molecule has 0 aromatic heterocycles. The molecule has 0 saturated heterocycles. The first kappa shape index (κ1) is 19.5. The second-order valence-electron chi connectivity index (χ2n) is 6.82. The Hall–Kier alpha value is -2.26. The second-order valence-corrected chi connectivity index (χ2v) is 9.95. The minimum atomic E-state index is -3.71. The Bertz CT molecular complexity index is 1000. The Morgan fingerprint density at radius 3 is 2.33 bits per heavy atom. The number of nitrogens with zero attached hydrogens (tertiary/aromatic N) is 3. The zero-order valence-corrected chi connectivity index (χ0v) is 17.1. The minimum absolute atomic E-state index is 0.0326. The lowest BCUT2D eigenvalue weighted by Crippen LogP contribution is -2.46. The summed E-state index contributed by atoms with van der Waals surface area (Å²) in [4.78, 5) is 17.4. The Kier molecular flexibility index (Phi) is 5.09. The number of amidine groups is 3. The zero-order valence-electron chi connectivity index (χ0n) is 15.4. The average molecular weight is 405 g/mol. The molecular weight excluding hydrogens is 384 g/mol. The molecule has 2 heterocycles. The maximum atomic E-state index is 12.5. The van der Waals surface area contributed by atoms with Crippen LogP contribution in [0.25, 0.3) is 6.08 Å². The second kappa shape index (κ2) is 7.05. The Morgan fingerprint density at radius 1 is 1.15 bits per heavy atom. The fraction of sp³-hybridized carbons (Fsp3) is 0.333. The fourth-order valence-electron chi connectivity index (χ4n) is 2.54. The van der Waals surface area contributed by atoms with E-state index in [1.807, 2.05) is 24.3 Å². The van der Waals surface area contributed by atoms with Crippen molar-refractivity contribution >= 4 is 49.9 Å². The molecule has 0 spiro atoms. The molecule has 9 heteroatoms. The van der Waals surface area contributed by atoms with Crippen molar-refractivity contribution in [2.75, 3.05) is 0 Å². The van der Waals surface area contributed by atoms with Gasteiger partial charge in [0.1, 0.15) is 5.84 Å². The number of nitrogens with one attached hydrogen (secondary N) is 1. The standard InChI is InChI=1S/C18H20N4O3S2/c1-10(2)13-7-5-12(6-8-13)9-14-15(19)22-17(20-16(14)23)26-21-18(22)27(24,25)11(3)4/h5-11,19H,1-4H3/b14-9-,19-15?. The molecule has 1 aromatic rings. The molecular formula is C18H20N4O3S2. The van der Waals surface area contributed by atoms with Crippen LogP contribution in [0.4, 0.5) is 0 Å². The lowest BCUT2D eigenvalue weighted by atomic mass is 10.0. The van der Waals surface area contributed by atoms with E-state index in [2.05, 4.69) is 23.2 Å². The van der Waals surface area contributed by atoms with Crippen molar-refractivity contribution in [3.8, 4) is 0 Å². The highest BCUT2D eigenvalue weighted by molar-refractivity contribution is 8.16. The van der Waals surface area contributed by atoms with Crippen molar-refractivity contribution in [3.63, 3.8) is 0 Å². The Morgan fingerprint density at radius 2 is 1.78 bits per heavy atom. The molecule has 0 saturated carbocycles. The van der Waals surface area contributed by atoms with Crippen LogP contribution in [0.15, 0.2) is 39.2 Å². The van der Waals surface area contributed by atoms with Gasteiger partial charge in [0.05, 0.1) is 22.8 Å². The van der Waals surface area contributed by atoms with Crippen LogP contribution in [0, 0.1) is 5.41 Å². The fourth-order valence-corrected chi connectivity index (χ4v) is 4.60. The number of sulfone groups is 1. The summed E-state index contributed by atoms with van der Waals surface area (Å²) in [5.74, 6) is -0.425. The average Bonchev–Trinajstić information content (AvgIpc) is 3.03. The van der Waals surface area contributed by atoms with Gasteiger partial charge in [-0.15, -0.1) is 0 Å². The van der Waals surface area contributed by atoms with Gasteiger partial charge in [0.15, 0.2) is 0 Å². The van der Waals surface area contributed by atoms with Crippen LogP contribution >= 0.6 is 11.9 Å². The van der Waals surface area contributed by atoms with E-state index in [4.69, 9.17) is 5.41 Å². The van der Waals surface area contributed by atoms with Gasteiger partial charge in [-0.2, -0.15) is 9.39 Å². The van der Waals surface area contributed by atoms with Gasteiger partial charge >= 0.3 is 0 Å². The molecule has 0 aliphatic carbocycles. The van der Waals surface area contributed by atoms with Crippen molar-refractivity contribution in [1.29, 1.82) is 5.41 Å². The number of aliphatic imine (C=N–C) groups is 1. The number of benzene rings is 1. The van der Waals surface area contributed by atoms with E-state index < -0.39 is 21.0 Å². The van der Waals surface area contributed by atoms with Gasteiger partial charge in [0.2, 0.25) is 20.2 Å². The maximum Gasteiger partial charge on any atom is 0.283 e. The summed E-state index contributed by atoms with van der Waals surface area (Å²) in [5, 5.41) is 7.56. The first-order valence-electron chi connectivity index (χ1n) is 8.45. The molecule has 0 fully saturated rings. The number of rotatable bonds is 3. The van der Waals surface area contributed by atoms with E-state index >= 15 is 0 Å². The summed E-state index contributed by atoms with van der Waals surface area (Å²) in [6, 6.07) is 7.65. The molecule has 0 unspecified atom stereocenters. The first-order valence-corrected chi connectivity index (χ1v) is 10.8. The van der Waals surface area contributed by atoms with Crippen molar-refractivity contribution in [2.24, 2.45) is 9.39 Å². The van der Waals surface area contributed by atoms with E-state index in [1.165, 1.54) is 0 Å². The predicted molar refractivity (Wildman–Crippen MR) is 110 cm³/mol. The lowest BCUT2D eigenvalue weighted by Gasteiger charge is -2.25. The van der Waals surface area contributed by atoms with Crippen molar-refractivity contribution in [1.82, 2.24) is 4.90 Å². The van der Waals surface area contributed by atoms with Gasteiger partial charge in [-0.25, -0.2) is 13.3 Å². The van der Waals surface area contributed by atoms with E-state index in [0.29, 0.717) is 5.92 Å². The normalized spacial score (nSPS) is 19.0. The van der Waals surface area contributed by atoms with Gasteiger partial charge in [0.25, 0.3) is 5.91 Å². The third-order valence-electron chi connectivity index (χ3n) is 4.28. The molecule has 1 N–H and O–H groups in total. The van der Waals surface area contributed by atoms with Crippen molar-refractivity contribution in [3.05, 3.63) is 41.0 Å². The Balaban J connectivity index is 1.99. The van der Waals surface area contributed by atoms with E-state index in [1.54, 1.807) is 19.9 Å². The summed E-state index contributed by atoms with van der Waals surface area (Å²) >= 11 is 0.796. The van der Waals surface area contributed by atoms with Gasteiger partial charge in [-0.1, -0.05) is 38.1 Å². The van der Waals surface area contributed by atoms with Crippen LogP contribution in [-0.4, -0.2) is 40.6 Å². The quantitative estimate of drug-likeness (QED) is 0.615.